The molecule has 0 amide bonds. The molecular formula is C17H31N3. The molecule has 2 rings (SSSR count). The molecule has 0 saturated carbocycles. The molecule has 0 N–H and O–H groups in total. The monoisotopic (exact) mass is 277 g/mol. The summed E-state index contributed by atoms with van der Waals surface area (Å²) < 4.78 is 0. The lowest BCUT2D eigenvalue weighted by Gasteiger charge is -2.28. The summed E-state index contributed by atoms with van der Waals surface area (Å²) in [6.45, 7) is 10.0. The van der Waals surface area contributed by atoms with Crippen LogP contribution in [0.25, 0.3) is 0 Å². The Balaban J connectivity index is 0.000000347. The van der Waals surface area contributed by atoms with Gasteiger partial charge in [-0.2, -0.15) is 0 Å². The van der Waals surface area contributed by atoms with Gasteiger partial charge in [0, 0.05) is 18.8 Å². The standard InChI is InChI=1S/C13H20N2.C4H11N/c1-11(2)13-7-6-12(10-14-13)15-8-4-3-5-9-15;1-4-5(2)3/h6-7,10-11H,3-5,8-9H2,1-2H3;4H2,1-3H3. The molecule has 0 bridgehead atoms. The van der Waals surface area contributed by atoms with Gasteiger partial charge in [0.05, 0.1) is 11.9 Å². The van der Waals surface area contributed by atoms with E-state index in [1.165, 1.54) is 43.7 Å². The van der Waals surface area contributed by atoms with E-state index in [1.54, 1.807) is 0 Å². The van der Waals surface area contributed by atoms with Crippen LogP contribution in [0, 0.1) is 0 Å². The van der Waals surface area contributed by atoms with Crippen LogP contribution in [0.1, 0.15) is 51.6 Å². The van der Waals surface area contributed by atoms with Gasteiger partial charge in [-0.15, -0.1) is 0 Å². The average molecular weight is 277 g/mol. The van der Waals surface area contributed by atoms with E-state index in [1.807, 2.05) is 6.20 Å². The molecule has 3 heteroatoms. The third kappa shape index (κ3) is 5.91. The molecule has 0 spiro atoms. The molecule has 2 heterocycles. The summed E-state index contributed by atoms with van der Waals surface area (Å²) in [5.74, 6) is 0.528. The largest absolute Gasteiger partial charge is 0.370 e. The number of nitrogens with zero attached hydrogens (tertiary/aromatic N) is 3. The van der Waals surface area contributed by atoms with E-state index in [9.17, 15) is 0 Å². The SMILES string of the molecule is CC(C)c1ccc(N2CCCCC2)cn1.CCN(C)C. The van der Waals surface area contributed by atoms with Crippen molar-refractivity contribution < 1.29 is 0 Å². The highest BCUT2D eigenvalue weighted by atomic mass is 15.1. The van der Waals surface area contributed by atoms with Gasteiger partial charge < -0.3 is 9.80 Å². The maximum atomic E-state index is 4.51. The summed E-state index contributed by atoms with van der Waals surface area (Å²) in [5, 5.41) is 0. The van der Waals surface area contributed by atoms with Crippen LogP contribution in [0.3, 0.4) is 0 Å². The molecule has 1 aromatic heterocycles. The van der Waals surface area contributed by atoms with Gasteiger partial charge in [0.25, 0.3) is 0 Å². The van der Waals surface area contributed by atoms with Crippen molar-refractivity contribution in [1.29, 1.82) is 0 Å². The van der Waals surface area contributed by atoms with Gasteiger partial charge in [-0.1, -0.05) is 20.8 Å². The van der Waals surface area contributed by atoms with Gasteiger partial charge in [-0.3, -0.25) is 4.98 Å². The number of aromatic nitrogens is 1. The smallest absolute Gasteiger partial charge is 0.0552 e. The number of hydrogen-bond donors (Lipinski definition) is 0. The van der Waals surface area contributed by atoms with Crippen molar-refractivity contribution in [2.75, 3.05) is 38.6 Å². The molecule has 0 atom stereocenters. The fraction of sp³-hybridized carbons (Fsp3) is 0.706. The van der Waals surface area contributed by atoms with Crippen molar-refractivity contribution in [3.05, 3.63) is 24.0 Å². The lowest BCUT2D eigenvalue weighted by Crippen LogP contribution is -2.29. The number of anilines is 1. The normalized spacial score (nSPS) is 15.2. The van der Waals surface area contributed by atoms with Crippen molar-refractivity contribution in [3.63, 3.8) is 0 Å². The summed E-state index contributed by atoms with van der Waals surface area (Å²) in [7, 11) is 4.11. The zero-order valence-electron chi connectivity index (χ0n) is 13.9. The molecule has 1 aromatic rings. The third-order valence-electron chi connectivity index (χ3n) is 3.72. The zero-order chi connectivity index (χ0) is 15.0. The minimum Gasteiger partial charge on any atom is -0.370 e. The molecule has 114 valence electrons. The highest BCUT2D eigenvalue weighted by Gasteiger charge is 2.11. The van der Waals surface area contributed by atoms with Crippen LogP contribution in [0.15, 0.2) is 18.3 Å². The lowest BCUT2D eigenvalue weighted by atomic mass is 10.1. The van der Waals surface area contributed by atoms with Gasteiger partial charge in [-0.05, 0) is 58.0 Å². The quantitative estimate of drug-likeness (QED) is 0.838. The fourth-order valence-electron chi connectivity index (χ4n) is 2.08. The first kappa shape index (κ1) is 17.0. The van der Waals surface area contributed by atoms with E-state index in [2.05, 4.69) is 61.8 Å². The van der Waals surface area contributed by atoms with Gasteiger partial charge in [0.15, 0.2) is 0 Å². The first-order valence-corrected chi connectivity index (χ1v) is 7.90. The molecule has 20 heavy (non-hydrogen) atoms. The summed E-state index contributed by atoms with van der Waals surface area (Å²) in [5.41, 5.74) is 2.48. The predicted molar refractivity (Wildman–Crippen MR) is 88.6 cm³/mol. The zero-order valence-corrected chi connectivity index (χ0v) is 13.9. The van der Waals surface area contributed by atoms with Crippen LogP contribution in [0.2, 0.25) is 0 Å². The summed E-state index contributed by atoms with van der Waals surface area (Å²) in [4.78, 5) is 9.08. The number of rotatable bonds is 3. The molecule has 3 nitrogen and oxygen atoms in total. The Morgan fingerprint density at radius 3 is 2.15 bits per heavy atom. The molecule has 0 unspecified atom stereocenters. The van der Waals surface area contributed by atoms with E-state index in [-0.39, 0.29) is 0 Å². The van der Waals surface area contributed by atoms with E-state index in [4.69, 9.17) is 0 Å². The summed E-state index contributed by atoms with van der Waals surface area (Å²) >= 11 is 0. The summed E-state index contributed by atoms with van der Waals surface area (Å²) in [6, 6.07) is 4.38. The first-order valence-electron chi connectivity index (χ1n) is 7.90. The van der Waals surface area contributed by atoms with Crippen LogP contribution in [0.4, 0.5) is 5.69 Å². The van der Waals surface area contributed by atoms with E-state index in [0.29, 0.717) is 5.92 Å². The first-order chi connectivity index (χ1) is 9.54. The number of hydrogen-bond acceptors (Lipinski definition) is 3. The predicted octanol–water partition coefficient (Wildman–Crippen LogP) is 3.76. The van der Waals surface area contributed by atoms with Crippen molar-refractivity contribution >= 4 is 5.69 Å². The van der Waals surface area contributed by atoms with Crippen molar-refractivity contribution in [3.8, 4) is 0 Å². The number of piperidine rings is 1. The second kappa shape index (κ2) is 8.96. The van der Waals surface area contributed by atoms with Gasteiger partial charge in [0.2, 0.25) is 0 Å². The Kier molecular flexibility index (Phi) is 7.60. The van der Waals surface area contributed by atoms with Gasteiger partial charge in [-0.25, -0.2) is 0 Å². The molecular weight excluding hydrogens is 246 g/mol. The second-order valence-corrected chi connectivity index (χ2v) is 6.04. The van der Waals surface area contributed by atoms with E-state index in [0.717, 1.165) is 6.54 Å². The molecule has 0 radical (unpaired) electrons. The van der Waals surface area contributed by atoms with Gasteiger partial charge >= 0.3 is 0 Å². The lowest BCUT2D eigenvalue weighted by molar-refractivity contribution is 0.434. The minimum atomic E-state index is 0.528. The molecule has 1 aliphatic heterocycles. The Bertz CT molecular complexity index is 351. The Labute approximate surface area is 125 Å². The van der Waals surface area contributed by atoms with Crippen LogP contribution >= 0.6 is 0 Å². The Hall–Kier alpha value is -1.09. The van der Waals surface area contributed by atoms with Crippen LogP contribution < -0.4 is 4.90 Å². The van der Waals surface area contributed by atoms with Crippen LogP contribution in [-0.2, 0) is 0 Å². The highest BCUT2D eigenvalue weighted by molar-refractivity contribution is 5.45. The third-order valence-corrected chi connectivity index (χ3v) is 3.72. The van der Waals surface area contributed by atoms with Crippen molar-refractivity contribution in [2.45, 2.75) is 46.0 Å². The molecule has 1 aliphatic rings. The van der Waals surface area contributed by atoms with E-state index < -0.39 is 0 Å². The summed E-state index contributed by atoms with van der Waals surface area (Å²) in [6.07, 6.45) is 6.06. The van der Waals surface area contributed by atoms with Crippen molar-refractivity contribution in [1.82, 2.24) is 9.88 Å². The molecule has 0 aromatic carbocycles. The average Bonchev–Trinajstić information content (AvgIpc) is 2.49. The minimum absolute atomic E-state index is 0.528. The van der Waals surface area contributed by atoms with Gasteiger partial charge in [0.1, 0.15) is 0 Å². The van der Waals surface area contributed by atoms with Crippen LogP contribution in [-0.4, -0.2) is 43.6 Å². The van der Waals surface area contributed by atoms with E-state index >= 15 is 0 Å². The topological polar surface area (TPSA) is 19.4 Å². The highest BCUT2D eigenvalue weighted by Crippen LogP contribution is 2.20. The molecule has 1 saturated heterocycles. The Morgan fingerprint density at radius 2 is 1.75 bits per heavy atom. The van der Waals surface area contributed by atoms with Crippen molar-refractivity contribution in [2.24, 2.45) is 0 Å². The molecule has 0 aliphatic carbocycles. The maximum Gasteiger partial charge on any atom is 0.0552 e. The second-order valence-electron chi connectivity index (χ2n) is 6.04. The maximum absolute atomic E-state index is 4.51. The molecule has 1 fully saturated rings. The Morgan fingerprint density at radius 1 is 1.15 bits per heavy atom. The van der Waals surface area contributed by atoms with Crippen LogP contribution in [0.5, 0.6) is 0 Å². The number of pyridine rings is 1. The fourth-order valence-corrected chi connectivity index (χ4v) is 2.08.